The predicted octanol–water partition coefficient (Wildman–Crippen LogP) is 5.41. The molecule has 0 spiro atoms. The lowest BCUT2D eigenvalue weighted by Crippen LogP contribution is -2.06. The molecule has 0 aliphatic carbocycles. The number of hydrogen-bond acceptors (Lipinski definition) is 2. The minimum Gasteiger partial charge on any atom is -0.379 e. The van der Waals surface area contributed by atoms with Crippen molar-refractivity contribution in [3.05, 3.63) is 76.2 Å². The molecule has 5 heteroatoms. The second-order valence-corrected chi connectivity index (χ2v) is 5.41. The van der Waals surface area contributed by atoms with Gasteiger partial charge < -0.3 is 5.32 Å². The number of hydrogen-bond donors (Lipinski definition) is 1. The zero-order chi connectivity index (χ0) is 18.4. The topological polar surface area (TPSA) is 35.8 Å². The van der Waals surface area contributed by atoms with Crippen LogP contribution in [0.5, 0.6) is 0 Å². The zero-order valence-corrected chi connectivity index (χ0v) is 13.9. The molecule has 0 aliphatic rings. The van der Waals surface area contributed by atoms with Gasteiger partial charge in [0, 0.05) is 18.2 Å². The van der Waals surface area contributed by atoms with Gasteiger partial charge in [-0.15, -0.1) is 0 Å². The van der Waals surface area contributed by atoms with E-state index in [1.807, 2.05) is 6.07 Å². The third-order valence-corrected chi connectivity index (χ3v) is 3.76. The summed E-state index contributed by atoms with van der Waals surface area (Å²) in [4.78, 5) is 0. The van der Waals surface area contributed by atoms with Crippen LogP contribution in [-0.4, -0.2) is 7.05 Å². The summed E-state index contributed by atoms with van der Waals surface area (Å²) in [6.07, 6.45) is 0.776. The number of nitrogens with one attached hydrogen (secondary N) is 1. The van der Waals surface area contributed by atoms with Crippen LogP contribution in [0.3, 0.4) is 0 Å². The third kappa shape index (κ3) is 4.51. The minimum atomic E-state index is -2.53. The molecular formula is C20H17F3N2. The number of rotatable bonds is 5. The van der Waals surface area contributed by atoms with Crippen LogP contribution in [0.15, 0.2) is 48.2 Å². The first-order valence-corrected chi connectivity index (χ1v) is 7.61. The van der Waals surface area contributed by atoms with Gasteiger partial charge in [0.25, 0.3) is 6.43 Å². The maximum atomic E-state index is 14.3. The normalized spacial score (nSPS) is 12.2. The Kier molecular flexibility index (Phi) is 6.02. The molecule has 128 valence electrons. The van der Waals surface area contributed by atoms with Crippen molar-refractivity contribution in [3.8, 4) is 6.07 Å². The van der Waals surface area contributed by atoms with Crippen molar-refractivity contribution in [3.63, 3.8) is 0 Å². The standard InChI is InChI=1S/C20H17F3N2/c1-13(19(12-24)25-2)17-9-8-15(11-18(17)21)7-6-14-4-3-5-16(10-14)20(22)23/h3-11,20,25H,1-2H3/b7-6+,19-13+. The Balaban J connectivity index is 2.28. The van der Waals surface area contributed by atoms with E-state index in [1.165, 1.54) is 18.2 Å². The van der Waals surface area contributed by atoms with Crippen molar-refractivity contribution in [2.24, 2.45) is 0 Å². The van der Waals surface area contributed by atoms with E-state index in [0.29, 0.717) is 28.0 Å². The Morgan fingerprint density at radius 2 is 1.80 bits per heavy atom. The molecule has 0 heterocycles. The average molecular weight is 342 g/mol. The number of nitriles is 1. The highest BCUT2D eigenvalue weighted by molar-refractivity contribution is 5.74. The van der Waals surface area contributed by atoms with Crippen molar-refractivity contribution in [1.82, 2.24) is 5.32 Å². The maximum absolute atomic E-state index is 14.3. The summed E-state index contributed by atoms with van der Waals surface area (Å²) in [6, 6.07) is 12.6. The summed E-state index contributed by atoms with van der Waals surface area (Å²) in [5, 5.41) is 11.7. The molecule has 0 unspecified atom stereocenters. The van der Waals surface area contributed by atoms with E-state index in [9.17, 15) is 13.2 Å². The Labute approximate surface area is 144 Å². The monoisotopic (exact) mass is 342 g/mol. The smallest absolute Gasteiger partial charge is 0.263 e. The van der Waals surface area contributed by atoms with Gasteiger partial charge in [-0.3, -0.25) is 0 Å². The predicted molar refractivity (Wildman–Crippen MR) is 94.0 cm³/mol. The molecule has 2 nitrogen and oxygen atoms in total. The van der Waals surface area contributed by atoms with Crippen molar-refractivity contribution in [1.29, 1.82) is 5.26 Å². The Morgan fingerprint density at radius 3 is 2.36 bits per heavy atom. The van der Waals surface area contributed by atoms with E-state index in [4.69, 9.17) is 5.26 Å². The fraction of sp³-hybridized carbons (Fsp3) is 0.150. The van der Waals surface area contributed by atoms with Crippen molar-refractivity contribution in [2.45, 2.75) is 13.3 Å². The van der Waals surface area contributed by atoms with Crippen molar-refractivity contribution < 1.29 is 13.2 Å². The number of allylic oxidation sites excluding steroid dienone is 2. The molecule has 1 N–H and O–H groups in total. The van der Waals surface area contributed by atoms with Crippen LogP contribution in [0.1, 0.15) is 35.6 Å². The summed E-state index contributed by atoms with van der Waals surface area (Å²) in [5.74, 6) is -0.455. The second-order valence-electron chi connectivity index (χ2n) is 5.41. The lowest BCUT2D eigenvalue weighted by atomic mass is 10.0. The van der Waals surface area contributed by atoms with Crippen LogP contribution in [0.25, 0.3) is 17.7 Å². The highest BCUT2D eigenvalue weighted by Crippen LogP contribution is 2.23. The summed E-state index contributed by atoms with van der Waals surface area (Å²) < 4.78 is 39.7. The van der Waals surface area contributed by atoms with E-state index in [-0.39, 0.29) is 5.56 Å². The maximum Gasteiger partial charge on any atom is 0.263 e. The van der Waals surface area contributed by atoms with Gasteiger partial charge in [-0.1, -0.05) is 42.5 Å². The van der Waals surface area contributed by atoms with Gasteiger partial charge in [-0.05, 0) is 35.8 Å². The Hall–Kier alpha value is -3.00. The van der Waals surface area contributed by atoms with Crippen LogP contribution in [0.4, 0.5) is 13.2 Å². The quantitative estimate of drug-likeness (QED) is 0.583. The second kappa shape index (κ2) is 8.20. The van der Waals surface area contributed by atoms with Gasteiger partial charge >= 0.3 is 0 Å². The molecule has 0 amide bonds. The molecule has 0 saturated carbocycles. The fourth-order valence-corrected chi connectivity index (χ4v) is 2.39. The van der Waals surface area contributed by atoms with E-state index in [1.54, 1.807) is 50.4 Å². The number of halogens is 3. The van der Waals surface area contributed by atoms with Crippen LogP contribution in [-0.2, 0) is 0 Å². The first kappa shape index (κ1) is 18.3. The first-order valence-electron chi connectivity index (χ1n) is 7.61. The highest BCUT2D eigenvalue weighted by Gasteiger charge is 2.09. The fourth-order valence-electron chi connectivity index (χ4n) is 2.39. The largest absolute Gasteiger partial charge is 0.379 e. The SMILES string of the molecule is CN/C(C#N)=C(\C)c1ccc(/C=C/c2cccc(C(F)F)c2)cc1F. The van der Waals surface area contributed by atoms with Crippen LogP contribution < -0.4 is 5.32 Å². The van der Waals surface area contributed by atoms with Crippen LogP contribution >= 0.6 is 0 Å². The summed E-state index contributed by atoms with van der Waals surface area (Å²) in [5.41, 5.74) is 2.30. The molecule has 0 bridgehead atoms. The molecule has 0 aliphatic heterocycles. The summed E-state index contributed by atoms with van der Waals surface area (Å²) in [6.45, 7) is 1.67. The van der Waals surface area contributed by atoms with Gasteiger partial charge in [0.2, 0.25) is 0 Å². The molecule has 2 aromatic carbocycles. The van der Waals surface area contributed by atoms with Gasteiger partial charge in [-0.2, -0.15) is 5.26 Å². The van der Waals surface area contributed by atoms with Crippen LogP contribution in [0.2, 0.25) is 0 Å². The number of benzene rings is 2. The molecule has 25 heavy (non-hydrogen) atoms. The average Bonchev–Trinajstić information content (AvgIpc) is 2.61. The molecule has 0 radical (unpaired) electrons. The van der Waals surface area contributed by atoms with Gasteiger partial charge in [0.05, 0.1) is 0 Å². The zero-order valence-electron chi connectivity index (χ0n) is 13.9. The first-order chi connectivity index (χ1) is 12.0. The van der Waals surface area contributed by atoms with E-state index >= 15 is 0 Å². The summed E-state index contributed by atoms with van der Waals surface area (Å²) >= 11 is 0. The molecule has 0 atom stereocenters. The highest BCUT2D eigenvalue weighted by atomic mass is 19.3. The van der Waals surface area contributed by atoms with Crippen molar-refractivity contribution >= 4 is 17.7 Å². The minimum absolute atomic E-state index is 0.0551. The molecular weight excluding hydrogens is 325 g/mol. The van der Waals surface area contributed by atoms with E-state index in [0.717, 1.165) is 0 Å². The van der Waals surface area contributed by atoms with Gasteiger partial charge in [-0.25, -0.2) is 13.2 Å². The lowest BCUT2D eigenvalue weighted by Gasteiger charge is -2.07. The van der Waals surface area contributed by atoms with Crippen molar-refractivity contribution in [2.75, 3.05) is 7.05 Å². The Morgan fingerprint density at radius 1 is 1.12 bits per heavy atom. The summed E-state index contributed by atoms with van der Waals surface area (Å²) in [7, 11) is 1.60. The molecule has 0 saturated heterocycles. The van der Waals surface area contributed by atoms with E-state index in [2.05, 4.69) is 5.32 Å². The molecule has 2 aromatic rings. The van der Waals surface area contributed by atoms with Gasteiger partial charge in [0.15, 0.2) is 0 Å². The molecule has 0 aromatic heterocycles. The number of nitrogens with zero attached hydrogens (tertiary/aromatic N) is 1. The lowest BCUT2D eigenvalue weighted by molar-refractivity contribution is 0.151. The third-order valence-electron chi connectivity index (χ3n) is 3.76. The Bertz CT molecular complexity index is 861. The molecule has 2 rings (SSSR count). The van der Waals surface area contributed by atoms with Gasteiger partial charge in [0.1, 0.15) is 17.6 Å². The molecule has 0 fully saturated rings. The van der Waals surface area contributed by atoms with E-state index < -0.39 is 12.2 Å². The van der Waals surface area contributed by atoms with Crippen LogP contribution in [0, 0.1) is 17.1 Å². The number of alkyl halides is 2.